The zero-order chi connectivity index (χ0) is 26.4. The fourth-order valence-electron chi connectivity index (χ4n) is 7.12. The van der Waals surface area contributed by atoms with Crippen LogP contribution in [0.25, 0.3) is 0 Å². The first-order valence-corrected chi connectivity index (χ1v) is 14.6. The molecule has 4 rings (SSSR count). The number of halogens is 1. The van der Waals surface area contributed by atoms with Gasteiger partial charge >= 0.3 is 5.97 Å². The molecule has 2 saturated heterocycles. The van der Waals surface area contributed by atoms with Crippen LogP contribution in [0, 0.1) is 11.8 Å². The first kappa shape index (κ1) is 28.0. The molecule has 1 spiro atoms. The van der Waals surface area contributed by atoms with E-state index in [0.717, 1.165) is 69.7 Å². The maximum Gasteiger partial charge on any atom is 0.337 e. The number of fused-ring (bicyclic) bond motifs is 4. The lowest BCUT2D eigenvalue weighted by molar-refractivity contribution is -0.137. The lowest BCUT2D eigenvalue weighted by Gasteiger charge is -2.45. The van der Waals surface area contributed by atoms with Crippen LogP contribution in [0.2, 0.25) is 0 Å². The van der Waals surface area contributed by atoms with Crippen molar-refractivity contribution >= 4 is 29.2 Å². The fraction of sp³-hybridized carbons (Fsp3) is 0.667. The van der Waals surface area contributed by atoms with Crippen LogP contribution in [0.4, 0.5) is 5.69 Å². The third kappa shape index (κ3) is 5.29. The number of para-hydroxylation sites is 1. The summed E-state index contributed by atoms with van der Waals surface area (Å²) in [6.45, 7) is 4.73. The molecule has 3 aliphatic rings. The Hall–Kier alpha value is -2.05. The molecule has 1 aromatic carbocycles. The lowest BCUT2D eigenvalue weighted by Crippen LogP contribution is -2.55. The largest absolute Gasteiger partial charge is 0.504 e. The van der Waals surface area contributed by atoms with Crippen molar-refractivity contribution in [3.8, 4) is 0 Å². The van der Waals surface area contributed by atoms with Gasteiger partial charge in [0.05, 0.1) is 31.5 Å². The van der Waals surface area contributed by atoms with Crippen molar-refractivity contribution in [3.63, 3.8) is 0 Å². The van der Waals surface area contributed by atoms with E-state index in [4.69, 9.17) is 21.1 Å². The van der Waals surface area contributed by atoms with E-state index in [1.807, 2.05) is 6.07 Å². The summed E-state index contributed by atoms with van der Waals surface area (Å²) in [5.74, 6) is 0.954. The van der Waals surface area contributed by atoms with Crippen LogP contribution in [-0.2, 0) is 24.5 Å². The Kier molecular flexibility index (Phi) is 9.57. The van der Waals surface area contributed by atoms with E-state index in [2.05, 4.69) is 34.9 Å². The molecule has 4 atom stereocenters. The van der Waals surface area contributed by atoms with Crippen LogP contribution < -0.4 is 4.90 Å². The Morgan fingerprint density at radius 2 is 1.86 bits per heavy atom. The highest BCUT2D eigenvalue weighted by Gasteiger charge is 2.62. The van der Waals surface area contributed by atoms with Gasteiger partial charge in [0.1, 0.15) is 0 Å². The smallest absolute Gasteiger partial charge is 0.337 e. The van der Waals surface area contributed by atoms with Crippen LogP contribution in [0.5, 0.6) is 0 Å². The van der Waals surface area contributed by atoms with Gasteiger partial charge in [-0.1, -0.05) is 57.2 Å². The maximum absolute atomic E-state index is 14.3. The summed E-state index contributed by atoms with van der Waals surface area (Å²) in [4.78, 5) is 31.7. The van der Waals surface area contributed by atoms with Gasteiger partial charge in [-0.3, -0.25) is 9.69 Å². The number of ether oxygens (including phenoxy) is 2. The molecule has 6 nitrogen and oxygen atoms in total. The molecule has 1 aromatic rings. The van der Waals surface area contributed by atoms with Gasteiger partial charge in [-0.2, -0.15) is 0 Å². The highest BCUT2D eigenvalue weighted by molar-refractivity contribution is 6.17. The number of anilines is 1. The van der Waals surface area contributed by atoms with Gasteiger partial charge in [-0.15, -0.1) is 11.6 Å². The summed E-state index contributed by atoms with van der Waals surface area (Å²) in [5.41, 5.74) is 2.27. The monoisotopic (exact) mass is 530 g/mol. The number of rotatable bonds is 12. The lowest BCUT2D eigenvalue weighted by atomic mass is 9.67. The van der Waals surface area contributed by atoms with E-state index < -0.39 is 5.41 Å². The van der Waals surface area contributed by atoms with Crippen LogP contribution >= 0.6 is 11.6 Å². The van der Waals surface area contributed by atoms with Crippen LogP contribution in [0.1, 0.15) is 70.3 Å². The molecule has 0 N–H and O–H groups in total. The predicted molar refractivity (Wildman–Crippen MR) is 148 cm³/mol. The molecule has 7 heteroatoms. The second-order valence-electron chi connectivity index (χ2n) is 10.8. The quantitative estimate of drug-likeness (QED) is 0.114. The number of esters is 1. The van der Waals surface area contributed by atoms with E-state index in [0.29, 0.717) is 11.5 Å². The average Bonchev–Trinajstić information content (AvgIpc) is 3.41. The molecule has 0 saturated carbocycles. The van der Waals surface area contributed by atoms with Crippen molar-refractivity contribution in [2.24, 2.45) is 11.8 Å². The average molecular weight is 531 g/mol. The molecule has 0 bridgehead atoms. The van der Waals surface area contributed by atoms with Gasteiger partial charge in [-0.05, 0) is 55.7 Å². The van der Waals surface area contributed by atoms with Crippen molar-refractivity contribution in [1.82, 2.24) is 4.90 Å². The van der Waals surface area contributed by atoms with Gasteiger partial charge < -0.3 is 14.4 Å². The number of hydrogen-bond donors (Lipinski definition) is 0. The number of benzene rings is 1. The second kappa shape index (κ2) is 12.7. The highest BCUT2D eigenvalue weighted by Crippen LogP contribution is 2.55. The van der Waals surface area contributed by atoms with Crippen molar-refractivity contribution < 1.29 is 19.1 Å². The third-order valence-electron chi connectivity index (χ3n) is 8.98. The van der Waals surface area contributed by atoms with Crippen molar-refractivity contribution in [2.75, 3.05) is 44.6 Å². The number of carbonyl (C=O) groups is 2. The topological polar surface area (TPSA) is 59.1 Å². The fourth-order valence-corrected chi connectivity index (χ4v) is 7.31. The highest BCUT2D eigenvalue weighted by atomic mass is 35.5. The van der Waals surface area contributed by atoms with E-state index >= 15 is 0 Å². The van der Waals surface area contributed by atoms with Crippen LogP contribution in [0.3, 0.4) is 0 Å². The maximum atomic E-state index is 14.3. The number of alkyl halides is 1. The summed E-state index contributed by atoms with van der Waals surface area (Å²) in [7, 11) is 2.99. The Balaban J connectivity index is 1.58. The van der Waals surface area contributed by atoms with Crippen molar-refractivity contribution in [1.29, 1.82) is 0 Å². The summed E-state index contributed by atoms with van der Waals surface area (Å²) in [6.07, 6.45) is 10.9. The predicted octanol–water partition coefficient (Wildman–Crippen LogP) is 5.67. The van der Waals surface area contributed by atoms with Gasteiger partial charge in [0.25, 0.3) is 0 Å². The Morgan fingerprint density at radius 3 is 2.57 bits per heavy atom. The molecule has 3 aliphatic heterocycles. The summed E-state index contributed by atoms with van der Waals surface area (Å²) in [5, 5.41) is 0. The molecule has 1 amide bonds. The van der Waals surface area contributed by atoms with Crippen molar-refractivity contribution in [2.45, 2.75) is 76.2 Å². The number of nitrogens with zero attached hydrogens (tertiary/aromatic N) is 2. The standard InChI is InChI=1S/C30H43ClN2O4/c1-4-22-20-32-18-15-30(27(32)19-23(22)24(21-36-2)28(34)37-3)25-13-9-10-14-26(25)33(29(30)35)17-12-8-6-5-7-11-16-31/h9-10,13-14,21-23,27H,4-8,11-12,15-20H2,1-3H3/b24-21+/t22-,23-,27-,30+/m0/s1. The Labute approximate surface area is 227 Å². The summed E-state index contributed by atoms with van der Waals surface area (Å²) < 4.78 is 10.5. The molecule has 3 heterocycles. The minimum absolute atomic E-state index is 0.00405. The third-order valence-corrected chi connectivity index (χ3v) is 9.24. The number of amides is 1. The number of carbonyl (C=O) groups excluding carboxylic acids is 2. The molecule has 0 unspecified atom stereocenters. The van der Waals surface area contributed by atoms with Crippen molar-refractivity contribution in [3.05, 3.63) is 41.7 Å². The molecular formula is C30H43ClN2O4. The molecule has 0 aliphatic carbocycles. The first-order chi connectivity index (χ1) is 18.0. The van der Waals surface area contributed by atoms with Gasteiger partial charge in [0.15, 0.2) is 0 Å². The van der Waals surface area contributed by atoms with Gasteiger partial charge in [0, 0.05) is 30.7 Å². The Bertz CT molecular complexity index is 982. The second-order valence-corrected chi connectivity index (χ2v) is 11.2. The minimum atomic E-state index is -0.553. The molecular weight excluding hydrogens is 488 g/mol. The molecule has 0 aromatic heterocycles. The van der Waals surface area contributed by atoms with E-state index in [1.165, 1.54) is 31.9 Å². The molecule has 204 valence electrons. The molecule has 37 heavy (non-hydrogen) atoms. The molecule has 0 radical (unpaired) electrons. The van der Waals surface area contributed by atoms with Gasteiger partial charge in [0.2, 0.25) is 5.91 Å². The zero-order valence-corrected chi connectivity index (χ0v) is 23.5. The number of hydrogen-bond acceptors (Lipinski definition) is 5. The number of piperidine rings is 1. The Morgan fingerprint density at radius 1 is 1.14 bits per heavy atom. The van der Waals surface area contributed by atoms with E-state index in [9.17, 15) is 9.59 Å². The summed E-state index contributed by atoms with van der Waals surface area (Å²) >= 11 is 5.80. The van der Waals surface area contributed by atoms with E-state index in [-0.39, 0.29) is 23.8 Å². The summed E-state index contributed by atoms with van der Waals surface area (Å²) in [6, 6.07) is 8.45. The number of methoxy groups -OCH3 is 2. The van der Waals surface area contributed by atoms with Crippen LogP contribution in [-0.4, -0.2) is 62.6 Å². The van der Waals surface area contributed by atoms with Gasteiger partial charge in [-0.25, -0.2) is 4.79 Å². The first-order valence-electron chi connectivity index (χ1n) is 14.1. The molecule has 2 fully saturated rings. The SMILES string of the molecule is CC[C@H]1CN2CC[C@]3(C(=O)N(CCCCCCCCCl)c4ccccc43)[C@@H]2C[C@@H]1/C(=C\OC)C(=O)OC. The van der Waals surface area contributed by atoms with Crippen LogP contribution in [0.15, 0.2) is 36.1 Å². The zero-order valence-electron chi connectivity index (χ0n) is 22.7. The number of unbranched alkanes of at least 4 members (excludes halogenated alkanes) is 5. The normalized spacial score (nSPS) is 27.5. The van der Waals surface area contributed by atoms with E-state index in [1.54, 1.807) is 13.4 Å². The minimum Gasteiger partial charge on any atom is -0.504 e.